The highest BCUT2D eigenvalue weighted by atomic mass is 15.1. The highest BCUT2D eigenvalue weighted by Crippen LogP contribution is 2.33. The number of nitrogens with zero attached hydrogens (tertiary/aromatic N) is 4. The van der Waals surface area contributed by atoms with Crippen LogP contribution in [0.25, 0.3) is 50.3 Å². The third kappa shape index (κ3) is 2.97. The summed E-state index contributed by atoms with van der Waals surface area (Å²) in [7, 11) is 0. The van der Waals surface area contributed by atoms with E-state index in [0.29, 0.717) is 0 Å². The standard InChI is InChI=1S/C27H18N4/c1-2-6-20(7-3-1)25-24-15-14-21-8-5-17-29-26(21)31(24)27(30-25)22-12-10-19(11-13-22)23-9-4-16-28-18-23/h1-18H. The maximum absolute atomic E-state index is 5.09. The molecule has 0 N–H and O–H groups in total. The summed E-state index contributed by atoms with van der Waals surface area (Å²) >= 11 is 0. The smallest absolute Gasteiger partial charge is 0.146 e. The van der Waals surface area contributed by atoms with Crippen LogP contribution >= 0.6 is 0 Å². The van der Waals surface area contributed by atoms with E-state index in [2.05, 4.69) is 75.0 Å². The molecule has 4 aromatic heterocycles. The molecule has 0 unspecified atom stereocenters. The first-order chi connectivity index (χ1) is 15.4. The Kier molecular flexibility index (Phi) is 4.06. The van der Waals surface area contributed by atoms with Crippen LogP contribution in [-0.2, 0) is 0 Å². The number of hydrogen-bond donors (Lipinski definition) is 0. The Morgan fingerprint density at radius 2 is 1.35 bits per heavy atom. The molecule has 0 aliphatic heterocycles. The molecular weight excluding hydrogens is 380 g/mol. The average Bonchev–Trinajstić information content (AvgIpc) is 3.25. The van der Waals surface area contributed by atoms with Crippen LogP contribution in [0.3, 0.4) is 0 Å². The molecule has 0 saturated heterocycles. The lowest BCUT2D eigenvalue weighted by Crippen LogP contribution is -1.94. The highest BCUT2D eigenvalue weighted by molar-refractivity contribution is 5.89. The summed E-state index contributed by atoms with van der Waals surface area (Å²) < 4.78 is 2.16. The number of pyridine rings is 3. The van der Waals surface area contributed by atoms with Crippen LogP contribution in [-0.4, -0.2) is 19.4 Å². The number of benzene rings is 2. The zero-order valence-corrected chi connectivity index (χ0v) is 16.7. The van der Waals surface area contributed by atoms with Crippen LogP contribution in [0.1, 0.15) is 0 Å². The maximum atomic E-state index is 5.09. The molecule has 4 nitrogen and oxygen atoms in total. The molecular formula is C27H18N4. The highest BCUT2D eigenvalue weighted by Gasteiger charge is 2.17. The molecule has 0 amide bonds. The topological polar surface area (TPSA) is 43.1 Å². The monoisotopic (exact) mass is 398 g/mol. The molecule has 4 heterocycles. The van der Waals surface area contributed by atoms with Crippen LogP contribution in [0.15, 0.2) is 110 Å². The molecule has 146 valence electrons. The maximum Gasteiger partial charge on any atom is 0.146 e. The van der Waals surface area contributed by atoms with Crippen LogP contribution in [0, 0.1) is 0 Å². The number of rotatable bonds is 3. The predicted octanol–water partition coefficient (Wildman–Crippen LogP) is 6.28. The van der Waals surface area contributed by atoms with Crippen molar-refractivity contribution in [3.05, 3.63) is 110 Å². The van der Waals surface area contributed by atoms with Gasteiger partial charge in [-0.1, -0.05) is 60.7 Å². The molecule has 0 spiro atoms. The van der Waals surface area contributed by atoms with Crippen molar-refractivity contribution >= 4 is 16.6 Å². The Balaban J connectivity index is 1.60. The minimum absolute atomic E-state index is 0.885. The second-order valence-corrected chi connectivity index (χ2v) is 7.44. The van der Waals surface area contributed by atoms with Gasteiger partial charge in [-0.15, -0.1) is 0 Å². The zero-order chi connectivity index (χ0) is 20.6. The van der Waals surface area contributed by atoms with Crippen molar-refractivity contribution in [3.8, 4) is 33.8 Å². The first-order valence-electron chi connectivity index (χ1n) is 10.2. The van der Waals surface area contributed by atoms with Crippen molar-refractivity contribution < 1.29 is 0 Å². The van der Waals surface area contributed by atoms with E-state index in [1.54, 1.807) is 6.20 Å². The minimum Gasteiger partial charge on any atom is -0.276 e. The largest absolute Gasteiger partial charge is 0.276 e. The third-order valence-electron chi connectivity index (χ3n) is 5.55. The van der Waals surface area contributed by atoms with E-state index < -0.39 is 0 Å². The van der Waals surface area contributed by atoms with Gasteiger partial charge in [0.2, 0.25) is 0 Å². The molecule has 2 aromatic carbocycles. The van der Waals surface area contributed by atoms with Gasteiger partial charge < -0.3 is 0 Å². The quantitative estimate of drug-likeness (QED) is 0.352. The Bertz CT molecular complexity index is 1500. The lowest BCUT2D eigenvalue weighted by atomic mass is 10.1. The van der Waals surface area contributed by atoms with E-state index in [1.807, 2.05) is 42.7 Å². The Labute approximate surface area is 179 Å². The molecule has 0 aliphatic rings. The lowest BCUT2D eigenvalue weighted by Gasteiger charge is -2.07. The van der Waals surface area contributed by atoms with Crippen LogP contribution < -0.4 is 0 Å². The summed E-state index contributed by atoms with van der Waals surface area (Å²) in [6.45, 7) is 0. The molecule has 0 atom stereocenters. The van der Waals surface area contributed by atoms with Crippen molar-refractivity contribution in [2.45, 2.75) is 0 Å². The molecule has 0 aliphatic carbocycles. The van der Waals surface area contributed by atoms with Gasteiger partial charge in [0, 0.05) is 35.1 Å². The number of aromatic nitrogens is 4. The fourth-order valence-electron chi connectivity index (χ4n) is 4.04. The third-order valence-corrected chi connectivity index (χ3v) is 5.55. The van der Waals surface area contributed by atoms with Crippen molar-refractivity contribution in [2.75, 3.05) is 0 Å². The lowest BCUT2D eigenvalue weighted by molar-refractivity contribution is 1.17. The van der Waals surface area contributed by atoms with E-state index in [0.717, 1.165) is 50.3 Å². The molecule has 31 heavy (non-hydrogen) atoms. The van der Waals surface area contributed by atoms with E-state index in [4.69, 9.17) is 4.98 Å². The van der Waals surface area contributed by atoms with Gasteiger partial charge in [0.25, 0.3) is 0 Å². The van der Waals surface area contributed by atoms with Crippen LogP contribution in [0.4, 0.5) is 0 Å². The van der Waals surface area contributed by atoms with Gasteiger partial charge >= 0.3 is 0 Å². The predicted molar refractivity (Wildman–Crippen MR) is 125 cm³/mol. The summed E-state index contributed by atoms with van der Waals surface area (Å²) in [5, 5.41) is 1.08. The molecule has 0 saturated carbocycles. The van der Waals surface area contributed by atoms with Crippen molar-refractivity contribution in [3.63, 3.8) is 0 Å². The zero-order valence-electron chi connectivity index (χ0n) is 16.7. The summed E-state index contributed by atoms with van der Waals surface area (Å²) in [5.41, 5.74) is 7.27. The summed E-state index contributed by atoms with van der Waals surface area (Å²) in [4.78, 5) is 14.0. The normalized spacial score (nSPS) is 11.2. The summed E-state index contributed by atoms with van der Waals surface area (Å²) in [6.07, 6.45) is 5.50. The molecule has 0 bridgehead atoms. The van der Waals surface area contributed by atoms with Crippen molar-refractivity contribution in [1.82, 2.24) is 19.4 Å². The number of fused-ring (bicyclic) bond motifs is 3. The summed E-state index contributed by atoms with van der Waals surface area (Å²) in [6, 6.07) is 31.1. The second-order valence-electron chi connectivity index (χ2n) is 7.44. The number of hydrogen-bond acceptors (Lipinski definition) is 3. The van der Waals surface area contributed by atoms with Crippen LogP contribution in [0.5, 0.6) is 0 Å². The fourth-order valence-corrected chi connectivity index (χ4v) is 4.04. The van der Waals surface area contributed by atoms with Gasteiger partial charge in [0.05, 0.1) is 11.2 Å². The van der Waals surface area contributed by atoms with Gasteiger partial charge in [-0.05, 0) is 41.5 Å². The fraction of sp³-hybridized carbons (Fsp3) is 0. The van der Waals surface area contributed by atoms with Gasteiger partial charge in [-0.2, -0.15) is 0 Å². The molecule has 4 heteroatoms. The summed E-state index contributed by atoms with van der Waals surface area (Å²) in [5.74, 6) is 0.885. The van der Waals surface area contributed by atoms with Gasteiger partial charge in [-0.3, -0.25) is 9.38 Å². The van der Waals surface area contributed by atoms with Gasteiger partial charge in [0.1, 0.15) is 11.5 Å². The van der Waals surface area contributed by atoms with Crippen molar-refractivity contribution in [1.29, 1.82) is 0 Å². The van der Waals surface area contributed by atoms with E-state index in [9.17, 15) is 0 Å². The Morgan fingerprint density at radius 1 is 0.581 bits per heavy atom. The minimum atomic E-state index is 0.885. The SMILES string of the molecule is c1ccc(-c2nc(-c3ccc(-c4cccnc4)cc3)n3c2ccc2cccnc23)cc1. The Morgan fingerprint density at radius 3 is 2.16 bits per heavy atom. The molecule has 6 aromatic rings. The molecule has 0 fully saturated rings. The van der Waals surface area contributed by atoms with E-state index in [1.165, 1.54) is 0 Å². The first kappa shape index (κ1) is 17.5. The number of imidazole rings is 1. The van der Waals surface area contributed by atoms with E-state index >= 15 is 0 Å². The van der Waals surface area contributed by atoms with E-state index in [-0.39, 0.29) is 0 Å². The van der Waals surface area contributed by atoms with Crippen molar-refractivity contribution in [2.24, 2.45) is 0 Å². The Hall–Kier alpha value is -4.31. The second kappa shape index (κ2) is 7.18. The van der Waals surface area contributed by atoms with Gasteiger partial charge in [0.15, 0.2) is 0 Å². The average molecular weight is 398 g/mol. The molecule has 0 radical (unpaired) electrons. The van der Waals surface area contributed by atoms with Gasteiger partial charge in [-0.25, -0.2) is 9.97 Å². The van der Waals surface area contributed by atoms with Crippen LogP contribution in [0.2, 0.25) is 0 Å². The molecule has 6 rings (SSSR count). The first-order valence-corrected chi connectivity index (χ1v) is 10.2.